The summed E-state index contributed by atoms with van der Waals surface area (Å²) in [6.45, 7) is 5.76. The highest BCUT2D eigenvalue weighted by molar-refractivity contribution is 5.88. The summed E-state index contributed by atoms with van der Waals surface area (Å²) in [5.74, 6) is -0.153. The number of benzene rings is 2. The van der Waals surface area contributed by atoms with E-state index in [2.05, 4.69) is 30.7 Å². The molecule has 3 aromatic rings. The average molecular weight is 427 g/mol. The van der Waals surface area contributed by atoms with Gasteiger partial charge >= 0.3 is 5.97 Å². The second kappa shape index (κ2) is 7.06. The Morgan fingerprint density at radius 2 is 1.88 bits per heavy atom. The number of fused-ring (bicyclic) bond motifs is 4. The van der Waals surface area contributed by atoms with E-state index >= 15 is 0 Å². The third-order valence-electron chi connectivity index (χ3n) is 7.79. The van der Waals surface area contributed by atoms with Gasteiger partial charge in [-0.15, -0.1) is 0 Å². The van der Waals surface area contributed by atoms with Crippen molar-refractivity contribution in [1.29, 1.82) is 0 Å². The molecule has 32 heavy (non-hydrogen) atoms. The lowest BCUT2D eigenvalue weighted by Gasteiger charge is -2.34. The van der Waals surface area contributed by atoms with Crippen molar-refractivity contribution in [2.45, 2.75) is 70.8 Å². The van der Waals surface area contributed by atoms with Gasteiger partial charge in [0.05, 0.1) is 17.0 Å². The quantitative estimate of drug-likeness (QED) is 0.553. The molecule has 1 aromatic heterocycles. The number of carboxylic acid groups (broad SMARTS) is 1. The Labute approximate surface area is 189 Å². The Morgan fingerprint density at radius 3 is 2.59 bits per heavy atom. The molecule has 0 atom stereocenters. The fraction of sp³-hybridized carbons (Fsp3) is 0.429. The van der Waals surface area contributed by atoms with Gasteiger partial charge in [-0.05, 0) is 91.2 Å². The standard InChI is InChI=1S/C28H30N2O2/c1-28(2)13-3-4-21-14-20-11-12-22-25(18-7-9-19(10-8-18)27(31)32)29-30(16-17-5-6-17)26(22)23(20)15-24(21)28/h7-10,14-15,17H,3-6,11-13,16H2,1-2H3,(H,31,32). The van der Waals surface area contributed by atoms with Gasteiger partial charge in [0, 0.05) is 23.2 Å². The van der Waals surface area contributed by atoms with E-state index < -0.39 is 5.97 Å². The average Bonchev–Trinajstić information content (AvgIpc) is 3.51. The van der Waals surface area contributed by atoms with Crippen molar-refractivity contribution in [1.82, 2.24) is 9.78 Å². The SMILES string of the molecule is CC1(C)CCCc2cc3c(cc21)-c1c(c(-c2ccc(C(=O)O)cc2)nn1CC1CC1)CC3. The second-order valence-electron chi connectivity index (χ2n) is 10.6. The Morgan fingerprint density at radius 1 is 1.09 bits per heavy atom. The van der Waals surface area contributed by atoms with Gasteiger partial charge in [-0.25, -0.2) is 4.79 Å². The Hall–Kier alpha value is -2.88. The van der Waals surface area contributed by atoms with Gasteiger partial charge < -0.3 is 5.11 Å². The molecule has 164 valence electrons. The molecule has 0 unspecified atom stereocenters. The molecule has 1 heterocycles. The molecule has 0 amide bonds. The van der Waals surface area contributed by atoms with Gasteiger partial charge in [0.2, 0.25) is 0 Å². The van der Waals surface area contributed by atoms with Crippen LogP contribution in [0, 0.1) is 5.92 Å². The van der Waals surface area contributed by atoms with Crippen LogP contribution in [0.15, 0.2) is 36.4 Å². The molecule has 0 radical (unpaired) electrons. The molecule has 2 aromatic carbocycles. The number of aromatic carboxylic acids is 1. The van der Waals surface area contributed by atoms with Crippen LogP contribution in [0.1, 0.15) is 72.1 Å². The number of carboxylic acids is 1. The molecular weight excluding hydrogens is 396 g/mol. The van der Waals surface area contributed by atoms with Crippen LogP contribution in [-0.2, 0) is 31.2 Å². The van der Waals surface area contributed by atoms with Crippen molar-refractivity contribution in [2.24, 2.45) is 5.92 Å². The van der Waals surface area contributed by atoms with Crippen LogP contribution in [-0.4, -0.2) is 20.9 Å². The first kappa shape index (κ1) is 19.8. The Balaban J connectivity index is 1.52. The van der Waals surface area contributed by atoms with Gasteiger partial charge in [-0.2, -0.15) is 5.10 Å². The highest BCUT2D eigenvalue weighted by Crippen LogP contribution is 2.45. The molecule has 4 heteroatoms. The number of aryl methyl sites for hydroxylation is 2. The van der Waals surface area contributed by atoms with E-state index in [4.69, 9.17) is 5.10 Å². The second-order valence-corrected chi connectivity index (χ2v) is 10.6. The normalized spacial score (nSPS) is 18.6. The lowest BCUT2D eigenvalue weighted by atomic mass is 9.70. The van der Waals surface area contributed by atoms with Gasteiger partial charge in [0.25, 0.3) is 0 Å². The van der Waals surface area contributed by atoms with Crippen molar-refractivity contribution in [3.05, 3.63) is 64.2 Å². The van der Waals surface area contributed by atoms with E-state index in [1.807, 2.05) is 12.1 Å². The molecule has 1 N–H and O–H groups in total. The van der Waals surface area contributed by atoms with Gasteiger partial charge in [-0.3, -0.25) is 4.68 Å². The summed E-state index contributed by atoms with van der Waals surface area (Å²) in [6, 6.07) is 12.2. The fourth-order valence-corrected chi connectivity index (χ4v) is 5.79. The van der Waals surface area contributed by atoms with Crippen molar-refractivity contribution in [3.8, 4) is 22.5 Å². The summed E-state index contributed by atoms with van der Waals surface area (Å²) >= 11 is 0. The molecule has 0 saturated heterocycles. The van der Waals surface area contributed by atoms with Crippen molar-refractivity contribution < 1.29 is 9.90 Å². The molecule has 3 aliphatic carbocycles. The lowest BCUT2D eigenvalue weighted by molar-refractivity contribution is 0.0697. The van der Waals surface area contributed by atoms with E-state index in [9.17, 15) is 9.90 Å². The van der Waals surface area contributed by atoms with Crippen molar-refractivity contribution in [3.63, 3.8) is 0 Å². The summed E-state index contributed by atoms with van der Waals surface area (Å²) in [7, 11) is 0. The highest BCUT2D eigenvalue weighted by atomic mass is 16.4. The van der Waals surface area contributed by atoms with Crippen LogP contribution < -0.4 is 0 Å². The van der Waals surface area contributed by atoms with Crippen molar-refractivity contribution in [2.75, 3.05) is 0 Å². The Bertz CT molecular complexity index is 1230. The van der Waals surface area contributed by atoms with Crippen LogP contribution >= 0.6 is 0 Å². The summed E-state index contributed by atoms with van der Waals surface area (Å²) in [4.78, 5) is 11.3. The molecule has 1 fully saturated rings. The first-order valence-corrected chi connectivity index (χ1v) is 12.0. The van der Waals surface area contributed by atoms with E-state index in [0.717, 1.165) is 36.6 Å². The van der Waals surface area contributed by atoms with Crippen LogP contribution in [0.2, 0.25) is 0 Å². The van der Waals surface area contributed by atoms with Gasteiger partial charge in [0.1, 0.15) is 0 Å². The molecule has 1 saturated carbocycles. The smallest absolute Gasteiger partial charge is 0.335 e. The molecule has 0 aliphatic heterocycles. The number of carbonyl (C=O) groups is 1. The first-order valence-electron chi connectivity index (χ1n) is 12.0. The predicted molar refractivity (Wildman–Crippen MR) is 126 cm³/mol. The summed E-state index contributed by atoms with van der Waals surface area (Å²) in [5, 5.41) is 14.4. The predicted octanol–water partition coefficient (Wildman–Crippen LogP) is 6.04. The minimum absolute atomic E-state index is 0.219. The molecule has 3 aliphatic rings. The van der Waals surface area contributed by atoms with Crippen LogP contribution in [0.4, 0.5) is 0 Å². The molecular formula is C28H30N2O2. The zero-order valence-corrected chi connectivity index (χ0v) is 18.9. The summed E-state index contributed by atoms with van der Waals surface area (Å²) in [6.07, 6.45) is 8.34. The molecule has 0 bridgehead atoms. The maximum Gasteiger partial charge on any atom is 0.335 e. The molecule has 4 nitrogen and oxygen atoms in total. The van der Waals surface area contributed by atoms with Gasteiger partial charge in [0.15, 0.2) is 0 Å². The summed E-state index contributed by atoms with van der Waals surface area (Å²) < 4.78 is 2.27. The zero-order valence-electron chi connectivity index (χ0n) is 18.9. The highest BCUT2D eigenvalue weighted by Gasteiger charge is 2.33. The van der Waals surface area contributed by atoms with Gasteiger partial charge in [-0.1, -0.05) is 32.0 Å². The van der Waals surface area contributed by atoms with Crippen LogP contribution in [0.25, 0.3) is 22.5 Å². The largest absolute Gasteiger partial charge is 0.478 e. The van der Waals surface area contributed by atoms with E-state index in [1.54, 1.807) is 17.7 Å². The molecule has 0 spiro atoms. The number of hydrogen-bond acceptors (Lipinski definition) is 2. The monoisotopic (exact) mass is 426 g/mol. The summed E-state index contributed by atoms with van der Waals surface area (Å²) in [5.41, 5.74) is 11.1. The first-order chi connectivity index (χ1) is 15.4. The molecule has 6 rings (SSSR count). The van der Waals surface area contributed by atoms with E-state index in [-0.39, 0.29) is 5.41 Å². The number of aromatic nitrogens is 2. The fourth-order valence-electron chi connectivity index (χ4n) is 5.79. The number of rotatable bonds is 4. The minimum atomic E-state index is -0.890. The maximum atomic E-state index is 11.3. The Kier molecular flexibility index (Phi) is 4.36. The van der Waals surface area contributed by atoms with Crippen LogP contribution in [0.5, 0.6) is 0 Å². The topological polar surface area (TPSA) is 55.1 Å². The maximum absolute atomic E-state index is 11.3. The van der Waals surface area contributed by atoms with Crippen LogP contribution in [0.3, 0.4) is 0 Å². The zero-order chi connectivity index (χ0) is 22.0. The number of nitrogens with zero attached hydrogens (tertiary/aromatic N) is 2. The number of hydrogen-bond donors (Lipinski definition) is 1. The minimum Gasteiger partial charge on any atom is -0.478 e. The van der Waals surface area contributed by atoms with E-state index in [0.29, 0.717) is 5.56 Å². The third kappa shape index (κ3) is 3.19. The lowest BCUT2D eigenvalue weighted by Crippen LogP contribution is -2.25. The third-order valence-corrected chi connectivity index (χ3v) is 7.79. The van der Waals surface area contributed by atoms with Crippen molar-refractivity contribution >= 4 is 5.97 Å². The van der Waals surface area contributed by atoms with E-state index in [1.165, 1.54) is 60.1 Å².